The third kappa shape index (κ3) is 4.25. The van der Waals surface area contributed by atoms with Crippen LogP contribution in [0, 0.1) is 0 Å². The van der Waals surface area contributed by atoms with Gasteiger partial charge in [0.25, 0.3) is 10.0 Å². The number of benzene rings is 3. The van der Waals surface area contributed by atoms with Crippen LogP contribution in [0.3, 0.4) is 0 Å². The Bertz CT molecular complexity index is 1360. The van der Waals surface area contributed by atoms with Crippen molar-refractivity contribution in [2.45, 2.75) is 22.6 Å². The lowest BCUT2D eigenvalue weighted by atomic mass is 10.1. The summed E-state index contributed by atoms with van der Waals surface area (Å²) in [7, 11) is -4.76. The highest BCUT2D eigenvalue weighted by atomic mass is 32.2. The average molecular weight is 477 g/mol. The highest BCUT2D eigenvalue weighted by molar-refractivity contribution is 7.92. The molecule has 1 aliphatic rings. The van der Waals surface area contributed by atoms with E-state index in [-0.39, 0.29) is 21.2 Å². The summed E-state index contributed by atoms with van der Waals surface area (Å²) in [6.07, 6.45) is 1.62. The Kier molecular flexibility index (Phi) is 6.02. The Morgan fingerprint density at radius 1 is 0.781 bits per heavy atom. The van der Waals surface area contributed by atoms with E-state index < -0.39 is 20.0 Å². The maximum Gasteiger partial charge on any atom is 0.262 e. The summed E-state index contributed by atoms with van der Waals surface area (Å²) in [5, 5.41) is 1.56. The van der Waals surface area contributed by atoms with Gasteiger partial charge in [0.1, 0.15) is 11.5 Å². The summed E-state index contributed by atoms with van der Waals surface area (Å²) < 4.78 is 66.4. The molecule has 1 N–H and O–H groups in total. The second kappa shape index (κ2) is 8.61. The summed E-state index contributed by atoms with van der Waals surface area (Å²) in [4.78, 5) is 0.0635. The standard InChI is InChI=1S/C22H24N2O6S2/c1-29-18-7-5-17-14-19(8-6-16(17)13-18)31(25,26)23-21-15-20(9-10-22(21)30-2)32(27,28)24-11-3-4-12-24/h5-10,13-15,23H,3-4,11-12H2,1-2H3. The summed E-state index contributed by atoms with van der Waals surface area (Å²) in [5.41, 5.74) is 0.0580. The van der Waals surface area contributed by atoms with Crippen molar-refractivity contribution in [2.75, 3.05) is 32.0 Å². The lowest BCUT2D eigenvalue weighted by Gasteiger charge is -2.18. The van der Waals surface area contributed by atoms with E-state index in [1.165, 1.54) is 35.7 Å². The molecule has 0 unspecified atom stereocenters. The highest BCUT2D eigenvalue weighted by Crippen LogP contribution is 2.32. The fourth-order valence-corrected chi connectivity index (χ4v) is 6.34. The minimum atomic E-state index is -4.00. The van der Waals surface area contributed by atoms with Gasteiger partial charge in [-0.05, 0) is 66.1 Å². The minimum Gasteiger partial charge on any atom is -0.497 e. The van der Waals surface area contributed by atoms with Crippen molar-refractivity contribution in [1.29, 1.82) is 0 Å². The molecule has 0 spiro atoms. The number of anilines is 1. The number of hydrogen-bond donors (Lipinski definition) is 1. The zero-order valence-corrected chi connectivity index (χ0v) is 19.4. The maximum absolute atomic E-state index is 13.1. The van der Waals surface area contributed by atoms with E-state index in [4.69, 9.17) is 9.47 Å². The first-order valence-corrected chi connectivity index (χ1v) is 13.0. The molecule has 1 heterocycles. The molecule has 0 atom stereocenters. The van der Waals surface area contributed by atoms with Crippen molar-refractivity contribution in [3.63, 3.8) is 0 Å². The SMILES string of the molecule is COc1ccc2cc(S(=O)(=O)Nc3cc(S(=O)(=O)N4CCCC4)ccc3OC)ccc2c1. The second-order valence-electron chi connectivity index (χ2n) is 7.45. The Hall–Kier alpha value is -2.82. The van der Waals surface area contributed by atoms with Crippen molar-refractivity contribution < 1.29 is 26.3 Å². The van der Waals surface area contributed by atoms with Crippen molar-refractivity contribution in [2.24, 2.45) is 0 Å². The molecule has 4 rings (SSSR count). The smallest absolute Gasteiger partial charge is 0.262 e. The molecule has 32 heavy (non-hydrogen) atoms. The molecule has 0 aliphatic carbocycles. The Morgan fingerprint density at radius 3 is 2.12 bits per heavy atom. The van der Waals surface area contributed by atoms with E-state index in [2.05, 4.69) is 4.72 Å². The predicted molar refractivity (Wildman–Crippen MR) is 122 cm³/mol. The van der Waals surface area contributed by atoms with Crippen LogP contribution in [0.2, 0.25) is 0 Å². The molecular weight excluding hydrogens is 452 g/mol. The number of nitrogens with zero attached hydrogens (tertiary/aromatic N) is 1. The molecule has 3 aromatic rings. The van der Waals surface area contributed by atoms with Crippen LogP contribution >= 0.6 is 0 Å². The van der Waals surface area contributed by atoms with Crippen LogP contribution in [0.4, 0.5) is 5.69 Å². The summed E-state index contributed by atoms with van der Waals surface area (Å²) in [6, 6.07) is 14.2. The zero-order valence-electron chi connectivity index (χ0n) is 17.7. The largest absolute Gasteiger partial charge is 0.497 e. The van der Waals surface area contributed by atoms with Crippen LogP contribution in [-0.4, -0.2) is 48.4 Å². The summed E-state index contributed by atoms with van der Waals surface area (Å²) >= 11 is 0. The molecule has 0 bridgehead atoms. The van der Waals surface area contributed by atoms with E-state index in [1.54, 1.807) is 31.4 Å². The molecule has 10 heteroatoms. The molecule has 8 nitrogen and oxygen atoms in total. The van der Waals surface area contributed by atoms with Crippen LogP contribution in [0.5, 0.6) is 11.5 Å². The highest BCUT2D eigenvalue weighted by Gasteiger charge is 2.28. The van der Waals surface area contributed by atoms with E-state index in [0.717, 1.165) is 23.6 Å². The molecular formula is C22H24N2O6S2. The molecule has 0 radical (unpaired) electrons. The Balaban J connectivity index is 1.70. The monoisotopic (exact) mass is 476 g/mol. The predicted octanol–water partition coefficient (Wildman–Crippen LogP) is 3.44. The fraction of sp³-hybridized carbons (Fsp3) is 0.273. The number of hydrogen-bond acceptors (Lipinski definition) is 6. The van der Waals surface area contributed by atoms with E-state index >= 15 is 0 Å². The lowest BCUT2D eigenvalue weighted by Crippen LogP contribution is -2.28. The molecule has 3 aromatic carbocycles. The van der Waals surface area contributed by atoms with Crippen LogP contribution < -0.4 is 14.2 Å². The molecule has 1 aliphatic heterocycles. The van der Waals surface area contributed by atoms with Gasteiger partial charge in [-0.15, -0.1) is 0 Å². The number of sulfonamides is 2. The molecule has 170 valence electrons. The van der Waals surface area contributed by atoms with Gasteiger partial charge >= 0.3 is 0 Å². The summed E-state index contributed by atoms with van der Waals surface area (Å²) in [5.74, 6) is 0.895. The average Bonchev–Trinajstić information content (AvgIpc) is 3.34. The van der Waals surface area contributed by atoms with Crippen molar-refractivity contribution in [1.82, 2.24) is 4.31 Å². The van der Waals surface area contributed by atoms with Gasteiger partial charge < -0.3 is 9.47 Å². The normalized spacial score (nSPS) is 15.1. The molecule has 0 aromatic heterocycles. The van der Waals surface area contributed by atoms with Crippen molar-refractivity contribution in [3.05, 3.63) is 54.6 Å². The molecule has 1 saturated heterocycles. The van der Waals surface area contributed by atoms with Gasteiger partial charge in [0, 0.05) is 13.1 Å². The van der Waals surface area contributed by atoms with Crippen molar-refractivity contribution in [3.8, 4) is 11.5 Å². The fourth-order valence-electron chi connectivity index (χ4n) is 3.70. The van der Waals surface area contributed by atoms with E-state index in [1.807, 2.05) is 6.07 Å². The van der Waals surface area contributed by atoms with Gasteiger partial charge in [-0.1, -0.05) is 12.1 Å². The third-order valence-corrected chi connectivity index (χ3v) is 8.71. The minimum absolute atomic E-state index is 0.0171. The Labute approximate surface area is 187 Å². The van der Waals surface area contributed by atoms with E-state index in [0.29, 0.717) is 18.8 Å². The topological polar surface area (TPSA) is 102 Å². The molecule has 1 fully saturated rings. The number of methoxy groups -OCH3 is 2. The third-order valence-electron chi connectivity index (χ3n) is 5.45. The van der Waals surface area contributed by atoms with Gasteiger partial charge in [0.2, 0.25) is 10.0 Å². The van der Waals surface area contributed by atoms with E-state index in [9.17, 15) is 16.8 Å². The number of ether oxygens (including phenoxy) is 2. The lowest BCUT2D eigenvalue weighted by molar-refractivity contribution is 0.415. The first-order valence-electron chi connectivity index (χ1n) is 10.0. The number of rotatable bonds is 7. The quantitative estimate of drug-likeness (QED) is 0.561. The van der Waals surface area contributed by atoms with Gasteiger partial charge in [0.05, 0.1) is 29.7 Å². The maximum atomic E-state index is 13.1. The number of nitrogens with one attached hydrogen (secondary N) is 1. The number of fused-ring (bicyclic) bond motifs is 1. The van der Waals surface area contributed by atoms with Crippen molar-refractivity contribution >= 4 is 36.5 Å². The first-order chi connectivity index (χ1) is 15.2. The molecule has 0 saturated carbocycles. The second-order valence-corrected chi connectivity index (χ2v) is 11.1. The zero-order chi connectivity index (χ0) is 22.9. The first kappa shape index (κ1) is 22.4. The van der Waals surface area contributed by atoms with Gasteiger partial charge in [0.15, 0.2) is 0 Å². The summed E-state index contributed by atoms with van der Waals surface area (Å²) in [6.45, 7) is 0.911. The van der Waals surface area contributed by atoms with Crippen LogP contribution in [-0.2, 0) is 20.0 Å². The molecule has 0 amide bonds. The van der Waals surface area contributed by atoms with Crippen LogP contribution in [0.15, 0.2) is 64.4 Å². The van der Waals surface area contributed by atoms with Crippen LogP contribution in [0.25, 0.3) is 10.8 Å². The van der Waals surface area contributed by atoms with Gasteiger partial charge in [-0.3, -0.25) is 4.72 Å². The Morgan fingerprint density at radius 2 is 1.44 bits per heavy atom. The van der Waals surface area contributed by atoms with Gasteiger partial charge in [-0.2, -0.15) is 4.31 Å². The van der Waals surface area contributed by atoms with Gasteiger partial charge in [-0.25, -0.2) is 16.8 Å². The van der Waals surface area contributed by atoms with Crippen LogP contribution in [0.1, 0.15) is 12.8 Å².